The molecule has 3 heteroatoms. The van der Waals surface area contributed by atoms with Crippen molar-refractivity contribution < 1.29 is 0 Å². The smallest absolute Gasteiger partial charge is 0.0546 e. The van der Waals surface area contributed by atoms with Gasteiger partial charge in [0.2, 0.25) is 0 Å². The fraction of sp³-hybridized carbons (Fsp3) is 1.00. The van der Waals surface area contributed by atoms with Crippen LogP contribution in [0.2, 0.25) is 0 Å². The maximum absolute atomic E-state index is 8.80. The van der Waals surface area contributed by atoms with Crippen LogP contribution in [0.15, 0.2) is 5.11 Å². The monoisotopic (exact) mass is 207 g/mol. The van der Waals surface area contributed by atoms with Gasteiger partial charge in [-0.25, -0.2) is 0 Å². The Hall–Kier alpha value is -0.690. The number of rotatable bonds is 3. The molecule has 0 radical (unpaired) electrons. The van der Waals surface area contributed by atoms with Crippen LogP contribution < -0.4 is 0 Å². The van der Waals surface area contributed by atoms with E-state index in [0.29, 0.717) is 5.92 Å². The highest BCUT2D eigenvalue weighted by Crippen LogP contribution is 2.66. The van der Waals surface area contributed by atoms with Crippen LogP contribution in [0.1, 0.15) is 52.9 Å². The number of hydrogen-bond donors (Lipinski definition) is 0. The molecule has 2 saturated carbocycles. The van der Waals surface area contributed by atoms with E-state index >= 15 is 0 Å². The highest BCUT2D eigenvalue weighted by atomic mass is 15.2. The molecule has 3 atom stereocenters. The zero-order valence-electron chi connectivity index (χ0n) is 10.0. The van der Waals surface area contributed by atoms with Gasteiger partial charge in [-0.3, -0.25) is 0 Å². The van der Waals surface area contributed by atoms with Gasteiger partial charge in [0.25, 0.3) is 0 Å². The van der Waals surface area contributed by atoms with Crippen LogP contribution in [0.4, 0.5) is 0 Å². The first-order valence-electron chi connectivity index (χ1n) is 6.21. The minimum atomic E-state index is -0.117. The summed E-state index contributed by atoms with van der Waals surface area (Å²) >= 11 is 0. The predicted octanol–water partition coefficient (Wildman–Crippen LogP) is 4.29. The lowest BCUT2D eigenvalue weighted by Crippen LogP contribution is -2.48. The van der Waals surface area contributed by atoms with E-state index in [1.807, 2.05) is 0 Å². The van der Waals surface area contributed by atoms with Gasteiger partial charge >= 0.3 is 0 Å². The molecule has 0 N–H and O–H groups in total. The van der Waals surface area contributed by atoms with Crippen molar-refractivity contribution in [3.63, 3.8) is 0 Å². The number of hydrogen-bond acceptors (Lipinski definition) is 1. The molecule has 2 aliphatic carbocycles. The Bertz CT molecular complexity index is 302. The number of azide groups is 1. The summed E-state index contributed by atoms with van der Waals surface area (Å²) in [6.07, 6.45) is 6.21. The summed E-state index contributed by atoms with van der Waals surface area (Å²) in [5, 5.41) is 4.21. The molecule has 0 aromatic heterocycles. The van der Waals surface area contributed by atoms with Gasteiger partial charge in [0.15, 0.2) is 0 Å². The third kappa shape index (κ3) is 1.10. The van der Waals surface area contributed by atoms with Gasteiger partial charge in [0.1, 0.15) is 0 Å². The Morgan fingerprint density at radius 1 is 1.27 bits per heavy atom. The summed E-state index contributed by atoms with van der Waals surface area (Å²) in [6, 6.07) is 0. The highest BCUT2D eigenvalue weighted by molar-refractivity contribution is 5.16. The maximum Gasteiger partial charge on any atom is 0.0546 e. The molecule has 84 valence electrons. The van der Waals surface area contributed by atoms with E-state index in [1.54, 1.807) is 0 Å². The van der Waals surface area contributed by atoms with Gasteiger partial charge in [-0.2, -0.15) is 0 Å². The average Bonchev–Trinajstić information content (AvgIpc) is 2.77. The van der Waals surface area contributed by atoms with Crippen LogP contribution in [0, 0.1) is 17.3 Å². The minimum Gasteiger partial charge on any atom is -0.0867 e. The van der Waals surface area contributed by atoms with Gasteiger partial charge in [-0.15, -0.1) is 0 Å². The van der Waals surface area contributed by atoms with E-state index in [0.717, 1.165) is 18.8 Å². The normalized spacial score (nSPS) is 41.5. The van der Waals surface area contributed by atoms with Crippen LogP contribution in [-0.2, 0) is 0 Å². The van der Waals surface area contributed by atoms with E-state index in [2.05, 4.69) is 30.8 Å². The van der Waals surface area contributed by atoms with Crippen LogP contribution in [0.25, 0.3) is 10.4 Å². The molecular weight excluding hydrogens is 186 g/mol. The molecular formula is C12H21N3. The lowest BCUT2D eigenvalue weighted by Gasteiger charge is -2.48. The van der Waals surface area contributed by atoms with Gasteiger partial charge in [-0.1, -0.05) is 25.9 Å². The van der Waals surface area contributed by atoms with Gasteiger partial charge in [0.05, 0.1) is 5.54 Å². The van der Waals surface area contributed by atoms with Crippen molar-refractivity contribution in [2.45, 2.75) is 58.4 Å². The van der Waals surface area contributed by atoms with E-state index in [9.17, 15) is 0 Å². The first-order valence-corrected chi connectivity index (χ1v) is 6.21. The fourth-order valence-corrected chi connectivity index (χ4v) is 4.63. The van der Waals surface area contributed by atoms with Crippen molar-refractivity contribution in [2.75, 3.05) is 0 Å². The molecule has 2 fully saturated rings. The topological polar surface area (TPSA) is 48.8 Å². The summed E-state index contributed by atoms with van der Waals surface area (Å²) in [6.45, 7) is 6.72. The molecule has 2 rings (SSSR count). The van der Waals surface area contributed by atoms with Crippen molar-refractivity contribution in [3.8, 4) is 0 Å². The van der Waals surface area contributed by atoms with Crippen molar-refractivity contribution in [3.05, 3.63) is 10.4 Å². The zero-order chi connectivity index (χ0) is 11.1. The molecule has 2 aliphatic rings. The molecule has 0 unspecified atom stereocenters. The van der Waals surface area contributed by atoms with Gasteiger partial charge in [0, 0.05) is 4.91 Å². The fourth-order valence-electron chi connectivity index (χ4n) is 4.63. The van der Waals surface area contributed by atoms with Gasteiger partial charge < -0.3 is 0 Å². The van der Waals surface area contributed by atoms with Crippen molar-refractivity contribution in [1.29, 1.82) is 0 Å². The summed E-state index contributed by atoms with van der Waals surface area (Å²) in [5.41, 5.74) is 8.96. The van der Waals surface area contributed by atoms with E-state index in [-0.39, 0.29) is 11.0 Å². The van der Waals surface area contributed by atoms with Gasteiger partial charge in [-0.05, 0) is 54.9 Å². The Kier molecular flexibility index (Phi) is 2.46. The first kappa shape index (κ1) is 10.8. The standard InChI is InChI=1S/C12H21N3/c1-4-12(5-2)10-7-6-9(8-10)11(12,3)14-15-13/h9-10H,4-8H2,1-3H3/t9-,10+,11+/m0/s1. The third-order valence-electron chi connectivity index (χ3n) is 5.53. The Balaban J connectivity index is 2.47. The Morgan fingerprint density at radius 3 is 2.40 bits per heavy atom. The second kappa shape index (κ2) is 3.41. The maximum atomic E-state index is 8.80. The van der Waals surface area contributed by atoms with Crippen LogP contribution in [-0.4, -0.2) is 5.54 Å². The van der Waals surface area contributed by atoms with Crippen LogP contribution in [0.3, 0.4) is 0 Å². The minimum absolute atomic E-state index is 0.117. The van der Waals surface area contributed by atoms with Crippen LogP contribution >= 0.6 is 0 Å². The number of fused-ring (bicyclic) bond motifs is 2. The Morgan fingerprint density at radius 2 is 1.87 bits per heavy atom. The van der Waals surface area contributed by atoms with E-state index in [1.165, 1.54) is 19.3 Å². The molecule has 0 aliphatic heterocycles. The molecule has 2 bridgehead atoms. The quantitative estimate of drug-likeness (QED) is 0.376. The van der Waals surface area contributed by atoms with Crippen molar-refractivity contribution in [1.82, 2.24) is 0 Å². The Labute approximate surface area is 91.9 Å². The molecule has 0 spiro atoms. The van der Waals surface area contributed by atoms with E-state index < -0.39 is 0 Å². The number of nitrogens with zero attached hydrogens (tertiary/aromatic N) is 3. The summed E-state index contributed by atoms with van der Waals surface area (Å²) in [5.74, 6) is 1.44. The lowest BCUT2D eigenvalue weighted by atomic mass is 9.59. The predicted molar refractivity (Wildman–Crippen MR) is 61.4 cm³/mol. The van der Waals surface area contributed by atoms with Crippen molar-refractivity contribution >= 4 is 0 Å². The second-order valence-corrected chi connectivity index (χ2v) is 5.41. The van der Waals surface area contributed by atoms with Crippen molar-refractivity contribution in [2.24, 2.45) is 22.4 Å². The van der Waals surface area contributed by atoms with Crippen LogP contribution in [0.5, 0.6) is 0 Å². The zero-order valence-corrected chi connectivity index (χ0v) is 10.0. The summed E-state index contributed by atoms with van der Waals surface area (Å²) < 4.78 is 0. The third-order valence-corrected chi connectivity index (χ3v) is 5.53. The second-order valence-electron chi connectivity index (χ2n) is 5.41. The summed E-state index contributed by atoms with van der Waals surface area (Å²) in [7, 11) is 0. The molecule has 0 saturated heterocycles. The molecule has 3 nitrogen and oxygen atoms in total. The molecule has 0 amide bonds. The summed E-state index contributed by atoms with van der Waals surface area (Å²) in [4.78, 5) is 3.12. The average molecular weight is 207 g/mol. The largest absolute Gasteiger partial charge is 0.0867 e. The first-order chi connectivity index (χ1) is 7.14. The molecule has 0 aromatic rings. The lowest BCUT2D eigenvalue weighted by molar-refractivity contribution is 0.0515. The molecule has 0 heterocycles. The van der Waals surface area contributed by atoms with E-state index in [4.69, 9.17) is 5.53 Å². The molecule has 15 heavy (non-hydrogen) atoms. The molecule has 0 aromatic carbocycles. The highest BCUT2D eigenvalue weighted by Gasteiger charge is 2.62. The SMILES string of the molecule is CCC1(CC)[C@@H]2CC[C@@H](C2)[C@@]1(C)N=[N+]=[N-].